The zero-order valence-electron chi connectivity index (χ0n) is 19.3. The van der Waals surface area contributed by atoms with Crippen LogP contribution in [0, 0.1) is 0 Å². The minimum absolute atomic E-state index is 0.0622. The van der Waals surface area contributed by atoms with Crippen molar-refractivity contribution >= 4 is 17.4 Å². The van der Waals surface area contributed by atoms with E-state index in [2.05, 4.69) is 6.58 Å². The van der Waals surface area contributed by atoms with Crippen LogP contribution < -0.4 is 9.47 Å². The van der Waals surface area contributed by atoms with Crippen LogP contribution in [0.3, 0.4) is 0 Å². The highest BCUT2D eigenvalue weighted by Gasteiger charge is 2.45. The number of carbonyl (C=O) groups is 2. The zero-order chi connectivity index (χ0) is 24.0. The smallest absolute Gasteiger partial charge is 0.295 e. The highest BCUT2D eigenvalue weighted by Crippen LogP contribution is 2.40. The molecule has 1 aliphatic heterocycles. The predicted octanol–water partition coefficient (Wildman–Crippen LogP) is 3.63. The fourth-order valence-corrected chi connectivity index (χ4v) is 3.72. The summed E-state index contributed by atoms with van der Waals surface area (Å²) in [7, 11) is 3.80. The summed E-state index contributed by atoms with van der Waals surface area (Å²) in [5, 5.41) is 11.2. The van der Waals surface area contributed by atoms with E-state index in [1.165, 1.54) is 4.90 Å². The van der Waals surface area contributed by atoms with E-state index in [0.717, 1.165) is 0 Å². The van der Waals surface area contributed by atoms with E-state index in [4.69, 9.17) is 9.47 Å². The molecular formula is C26H30N2O5. The first kappa shape index (κ1) is 24.1. The molecule has 1 unspecified atom stereocenters. The van der Waals surface area contributed by atoms with Crippen LogP contribution in [0.4, 0.5) is 0 Å². The third-order valence-electron chi connectivity index (χ3n) is 5.31. The fourth-order valence-electron chi connectivity index (χ4n) is 3.72. The van der Waals surface area contributed by atoms with E-state index in [0.29, 0.717) is 48.9 Å². The van der Waals surface area contributed by atoms with E-state index < -0.39 is 17.7 Å². The lowest BCUT2D eigenvalue weighted by Crippen LogP contribution is -2.35. The summed E-state index contributed by atoms with van der Waals surface area (Å²) in [4.78, 5) is 29.5. The van der Waals surface area contributed by atoms with Crippen LogP contribution in [0.5, 0.6) is 11.5 Å². The number of hydrogen-bond donors (Lipinski definition) is 1. The lowest BCUT2D eigenvalue weighted by Gasteiger charge is -2.26. The largest absolute Gasteiger partial charge is 0.507 e. The molecule has 1 amide bonds. The second kappa shape index (κ2) is 10.8. The lowest BCUT2D eigenvalue weighted by molar-refractivity contribution is -0.140. The van der Waals surface area contributed by atoms with Crippen molar-refractivity contribution < 1.29 is 24.2 Å². The minimum atomic E-state index is -0.714. The van der Waals surface area contributed by atoms with Gasteiger partial charge in [0, 0.05) is 18.7 Å². The average Bonchev–Trinajstić information content (AvgIpc) is 3.06. The summed E-state index contributed by atoms with van der Waals surface area (Å²) in [6.07, 6.45) is 1.65. The lowest BCUT2D eigenvalue weighted by atomic mass is 9.95. The Morgan fingerprint density at radius 2 is 1.85 bits per heavy atom. The van der Waals surface area contributed by atoms with Crippen molar-refractivity contribution in [3.63, 3.8) is 0 Å². The van der Waals surface area contributed by atoms with Gasteiger partial charge in [-0.25, -0.2) is 0 Å². The van der Waals surface area contributed by atoms with Gasteiger partial charge in [-0.2, -0.15) is 0 Å². The molecule has 0 spiro atoms. The van der Waals surface area contributed by atoms with E-state index in [1.807, 2.05) is 38.1 Å². The monoisotopic (exact) mass is 450 g/mol. The molecule has 0 aliphatic carbocycles. The van der Waals surface area contributed by atoms with Crippen LogP contribution in [0.25, 0.3) is 5.76 Å². The van der Waals surface area contributed by atoms with Gasteiger partial charge in [0.2, 0.25) is 0 Å². The summed E-state index contributed by atoms with van der Waals surface area (Å²) < 4.78 is 11.1. The molecule has 0 saturated carbocycles. The van der Waals surface area contributed by atoms with Crippen LogP contribution in [-0.4, -0.2) is 67.0 Å². The normalized spacial score (nSPS) is 17.5. The van der Waals surface area contributed by atoms with E-state index in [-0.39, 0.29) is 11.3 Å². The van der Waals surface area contributed by atoms with E-state index >= 15 is 0 Å². The Bertz CT molecular complexity index is 1040. The van der Waals surface area contributed by atoms with Crippen LogP contribution in [0.1, 0.15) is 24.1 Å². The third-order valence-corrected chi connectivity index (χ3v) is 5.31. The second-order valence-electron chi connectivity index (χ2n) is 7.93. The Morgan fingerprint density at radius 3 is 2.48 bits per heavy atom. The van der Waals surface area contributed by atoms with Gasteiger partial charge in [0.15, 0.2) is 0 Å². The predicted molar refractivity (Wildman–Crippen MR) is 127 cm³/mol. The molecule has 174 valence electrons. The first-order valence-electron chi connectivity index (χ1n) is 10.9. The molecule has 0 radical (unpaired) electrons. The molecule has 1 heterocycles. The van der Waals surface area contributed by atoms with Crippen LogP contribution >= 0.6 is 0 Å². The number of carbonyl (C=O) groups excluding carboxylic acids is 2. The maximum absolute atomic E-state index is 13.1. The third kappa shape index (κ3) is 5.43. The molecule has 1 saturated heterocycles. The number of aliphatic hydroxyl groups is 1. The van der Waals surface area contributed by atoms with Crippen LogP contribution in [0.15, 0.2) is 66.8 Å². The van der Waals surface area contributed by atoms with Crippen molar-refractivity contribution in [1.29, 1.82) is 0 Å². The maximum Gasteiger partial charge on any atom is 0.295 e. The molecule has 1 fully saturated rings. The summed E-state index contributed by atoms with van der Waals surface area (Å²) >= 11 is 0. The standard InChI is InChI=1S/C26H30N2O5/c1-5-16-33-20-12-10-18(11-13-20)23-22(25(30)26(31)28(23)15-14-27(3)4)24(29)19-8-7-9-21(17-19)32-6-2/h5,7-13,17,23,29H,1,6,14-16H2,2-4H3/b24-22+. The number of Topliss-reactive ketones (excluding diaryl/α,β-unsaturated/α-hetero) is 1. The number of rotatable bonds is 10. The molecule has 1 aliphatic rings. The Hall–Kier alpha value is -3.58. The van der Waals surface area contributed by atoms with Gasteiger partial charge in [-0.1, -0.05) is 36.9 Å². The number of likely N-dealkylation sites (tertiary alicyclic amines) is 1. The zero-order valence-corrected chi connectivity index (χ0v) is 19.3. The average molecular weight is 451 g/mol. The van der Waals surface area contributed by atoms with Crippen molar-refractivity contribution in [1.82, 2.24) is 9.80 Å². The van der Waals surface area contributed by atoms with Gasteiger partial charge < -0.3 is 24.4 Å². The highest BCUT2D eigenvalue weighted by molar-refractivity contribution is 6.46. The summed E-state index contributed by atoms with van der Waals surface area (Å²) in [6, 6.07) is 13.3. The molecule has 0 aromatic heterocycles. The number of ketones is 1. The Morgan fingerprint density at radius 1 is 1.12 bits per heavy atom. The van der Waals surface area contributed by atoms with Crippen molar-refractivity contribution in [3.8, 4) is 11.5 Å². The number of nitrogens with zero attached hydrogens (tertiary/aromatic N) is 2. The molecule has 1 N–H and O–H groups in total. The quantitative estimate of drug-likeness (QED) is 0.258. The first-order chi connectivity index (χ1) is 15.9. The number of aliphatic hydroxyl groups excluding tert-OH is 1. The molecule has 0 bridgehead atoms. The van der Waals surface area contributed by atoms with Gasteiger partial charge in [-0.3, -0.25) is 9.59 Å². The molecule has 33 heavy (non-hydrogen) atoms. The molecule has 1 atom stereocenters. The Balaban J connectivity index is 2.08. The maximum atomic E-state index is 13.1. The van der Waals surface area contributed by atoms with Crippen LogP contribution in [0.2, 0.25) is 0 Å². The second-order valence-corrected chi connectivity index (χ2v) is 7.93. The van der Waals surface area contributed by atoms with Crippen molar-refractivity contribution in [2.45, 2.75) is 13.0 Å². The Kier molecular flexibility index (Phi) is 7.90. The van der Waals surface area contributed by atoms with Gasteiger partial charge in [0.05, 0.1) is 18.2 Å². The van der Waals surface area contributed by atoms with E-state index in [9.17, 15) is 14.7 Å². The van der Waals surface area contributed by atoms with Gasteiger partial charge in [-0.15, -0.1) is 0 Å². The van der Waals surface area contributed by atoms with Crippen molar-refractivity contribution in [2.24, 2.45) is 0 Å². The molecule has 3 rings (SSSR count). The highest BCUT2D eigenvalue weighted by atomic mass is 16.5. The number of ether oxygens (including phenoxy) is 2. The van der Waals surface area contributed by atoms with Gasteiger partial charge in [-0.05, 0) is 50.8 Å². The topological polar surface area (TPSA) is 79.3 Å². The van der Waals surface area contributed by atoms with Gasteiger partial charge in [0.25, 0.3) is 11.7 Å². The number of benzene rings is 2. The molecule has 7 heteroatoms. The van der Waals surface area contributed by atoms with Crippen molar-refractivity contribution in [3.05, 3.63) is 77.9 Å². The van der Waals surface area contributed by atoms with Gasteiger partial charge in [0.1, 0.15) is 23.9 Å². The minimum Gasteiger partial charge on any atom is -0.507 e. The molecule has 2 aromatic rings. The first-order valence-corrected chi connectivity index (χ1v) is 10.9. The molecule has 7 nitrogen and oxygen atoms in total. The molecular weight excluding hydrogens is 420 g/mol. The summed E-state index contributed by atoms with van der Waals surface area (Å²) in [5.41, 5.74) is 1.19. The fraction of sp³-hybridized carbons (Fsp3) is 0.308. The molecule has 2 aromatic carbocycles. The Labute approximate surface area is 194 Å². The number of amides is 1. The summed E-state index contributed by atoms with van der Waals surface area (Å²) in [5.74, 6) is -0.336. The SMILES string of the molecule is C=CCOc1ccc(C2/C(=C(\O)c3cccc(OCC)c3)C(=O)C(=O)N2CCN(C)C)cc1. The number of hydrogen-bond acceptors (Lipinski definition) is 6. The summed E-state index contributed by atoms with van der Waals surface area (Å²) in [6.45, 7) is 7.26. The van der Waals surface area contributed by atoms with Gasteiger partial charge >= 0.3 is 0 Å². The van der Waals surface area contributed by atoms with Crippen LogP contribution in [-0.2, 0) is 9.59 Å². The van der Waals surface area contributed by atoms with E-state index in [1.54, 1.807) is 42.5 Å². The van der Waals surface area contributed by atoms with Crippen molar-refractivity contribution in [2.75, 3.05) is 40.4 Å². The number of likely N-dealkylation sites (N-methyl/N-ethyl adjacent to an activating group) is 1.